The van der Waals surface area contributed by atoms with Crippen LogP contribution in [-0.4, -0.2) is 33.8 Å². The van der Waals surface area contributed by atoms with Crippen LogP contribution in [0.3, 0.4) is 0 Å². The summed E-state index contributed by atoms with van der Waals surface area (Å²) in [7, 11) is 6.80. The van der Waals surface area contributed by atoms with Crippen molar-refractivity contribution in [2.75, 3.05) is 38.7 Å². The largest absolute Gasteiger partial charge is 0.494 e. The summed E-state index contributed by atoms with van der Waals surface area (Å²) in [5.41, 5.74) is 1.65. The van der Waals surface area contributed by atoms with Gasteiger partial charge in [0.2, 0.25) is 0 Å². The molecule has 0 saturated carbocycles. The molecule has 0 radical (unpaired) electrons. The lowest BCUT2D eigenvalue weighted by Gasteiger charge is -2.21. The molecule has 0 atom stereocenters. The van der Waals surface area contributed by atoms with E-state index in [2.05, 4.69) is 15.9 Å². The van der Waals surface area contributed by atoms with Crippen molar-refractivity contribution in [3.8, 4) is 17.2 Å². The van der Waals surface area contributed by atoms with E-state index in [1.165, 1.54) is 0 Å². The summed E-state index contributed by atoms with van der Waals surface area (Å²) in [5, 5.41) is 0. The van der Waals surface area contributed by atoms with Crippen LogP contribution in [0.1, 0.15) is 0 Å². The second-order valence-corrected chi connectivity index (χ2v) is 3.70. The predicted molar refractivity (Wildman–Crippen MR) is 68.3 cm³/mol. The van der Waals surface area contributed by atoms with Gasteiger partial charge < -0.3 is 19.1 Å². The van der Waals surface area contributed by atoms with Crippen molar-refractivity contribution in [3.05, 3.63) is 12.1 Å². The molecular formula is C11H16BrNO3. The monoisotopic (exact) mass is 289 g/mol. The third-order valence-corrected chi connectivity index (χ3v) is 3.03. The smallest absolute Gasteiger partial charge is 0.164 e. The van der Waals surface area contributed by atoms with Gasteiger partial charge in [-0.3, -0.25) is 0 Å². The number of ether oxygens (including phenoxy) is 3. The Kier molecular flexibility index (Phi) is 4.73. The third kappa shape index (κ3) is 2.52. The summed E-state index contributed by atoms with van der Waals surface area (Å²) in [6.07, 6.45) is 0. The summed E-state index contributed by atoms with van der Waals surface area (Å²) in [6.45, 7) is 0. The normalized spacial score (nSPS) is 9.81. The Morgan fingerprint density at radius 2 is 1.50 bits per heavy atom. The maximum atomic E-state index is 5.31. The van der Waals surface area contributed by atoms with Crippen LogP contribution >= 0.6 is 15.9 Å². The van der Waals surface area contributed by atoms with Gasteiger partial charge in [0.25, 0.3) is 0 Å². The van der Waals surface area contributed by atoms with E-state index in [-0.39, 0.29) is 0 Å². The van der Waals surface area contributed by atoms with Crippen LogP contribution in [-0.2, 0) is 0 Å². The molecule has 1 aromatic rings. The van der Waals surface area contributed by atoms with E-state index in [0.29, 0.717) is 17.0 Å². The Balaban J connectivity index is 3.25. The first-order valence-electron chi connectivity index (χ1n) is 4.75. The first kappa shape index (κ1) is 13.0. The molecule has 0 amide bonds. The van der Waals surface area contributed by atoms with Crippen molar-refractivity contribution < 1.29 is 14.2 Å². The third-order valence-electron chi connectivity index (χ3n) is 2.28. The molecule has 0 fully saturated rings. The number of halogens is 1. The van der Waals surface area contributed by atoms with E-state index >= 15 is 0 Å². The van der Waals surface area contributed by atoms with E-state index in [0.717, 1.165) is 11.4 Å². The second kappa shape index (κ2) is 5.84. The van der Waals surface area contributed by atoms with E-state index in [4.69, 9.17) is 14.2 Å². The Labute approximate surface area is 104 Å². The Hall–Kier alpha value is -1.10. The molecule has 1 rings (SSSR count). The molecule has 0 aromatic heterocycles. The molecule has 16 heavy (non-hydrogen) atoms. The summed E-state index contributed by atoms with van der Waals surface area (Å²) in [4.78, 5) is 2.00. The molecule has 4 nitrogen and oxygen atoms in total. The molecule has 0 aliphatic carbocycles. The molecule has 0 saturated heterocycles. The first-order chi connectivity index (χ1) is 7.67. The van der Waals surface area contributed by atoms with E-state index in [1.807, 2.05) is 24.1 Å². The zero-order valence-electron chi connectivity index (χ0n) is 9.91. The fourth-order valence-electron chi connectivity index (χ4n) is 1.38. The summed E-state index contributed by atoms with van der Waals surface area (Å²) < 4.78 is 15.8. The number of methoxy groups -OCH3 is 3. The average Bonchev–Trinajstić information content (AvgIpc) is 2.35. The zero-order chi connectivity index (χ0) is 12.1. The van der Waals surface area contributed by atoms with Crippen LogP contribution in [0, 0.1) is 0 Å². The quantitative estimate of drug-likeness (QED) is 0.616. The Morgan fingerprint density at radius 3 is 1.94 bits per heavy atom. The number of anilines is 1. The Morgan fingerprint density at radius 1 is 1.00 bits per heavy atom. The van der Waals surface area contributed by atoms with E-state index < -0.39 is 0 Å². The van der Waals surface area contributed by atoms with Gasteiger partial charge in [-0.1, -0.05) is 15.9 Å². The lowest BCUT2D eigenvalue weighted by molar-refractivity contribution is 0.349. The van der Waals surface area contributed by atoms with Gasteiger partial charge in [-0.2, -0.15) is 0 Å². The average molecular weight is 290 g/mol. The minimum absolute atomic E-state index is 0.658. The molecule has 1 aromatic carbocycles. The summed E-state index contributed by atoms with van der Waals surface area (Å²) >= 11 is 3.40. The van der Waals surface area contributed by atoms with Crippen molar-refractivity contribution in [2.24, 2.45) is 0 Å². The SMILES string of the molecule is COc1cc(OC)c(N(C)CBr)cc1OC. The van der Waals surface area contributed by atoms with Crippen LogP contribution < -0.4 is 19.1 Å². The minimum Gasteiger partial charge on any atom is -0.494 e. The van der Waals surface area contributed by atoms with Gasteiger partial charge in [-0.25, -0.2) is 0 Å². The van der Waals surface area contributed by atoms with Crippen LogP contribution in [0.4, 0.5) is 5.69 Å². The van der Waals surface area contributed by atoms with Crippen molar-refractivity contribution in [1.29, 1.82) is 0 Å². The molecular weight excluding hydrogens is 274 g/mol. The molecule has 5 heteroatoms. The number of alkyl halides is 1. The highest BCUT2D eigenvalue weighted by Gasteiger charge is 2.13. The van der Waals surface area contributed by atoms with Crippen molar-refractivity contribution in [2.45, 2.75) is 0 Å². The molecule has 0 aliphatic heterocycles. The number of rotatable bonds is 5. The van der Waals surface area contributed by atoms with Gasteiger partial charge in [0.05, 0.1) is 32.5 Å². The zero-order valence-corrected chi connectivity index (χ0v) is 11.5. The molecule has 0 spiro atoms. The van der Waals surface area contributed by atoms with Gasteiger partial charge >= 0.3 is 0 Å². The highest BCUT2D eigenvalue weighted by molar-refractivity contribution is 9.09. The lowest BCUT2D eigenvalue weighted by atomic mass is 10.2. The van der Waals surface area contributed by atoms with E-state index in [9.17, 15) is 0 Å². The molecule has 0 N–H and O–H groups in total. The van der Waals surface area contributed by atoms with Gasteiger partial charge in [0.15, 0.2) is 11.5 Å². The molecule has 90 valence electrons. The summed E-state index contributed by atoms with van der Waals surface area (Å²) in [5.74, 6) is 2.09. The van der Waals surface area contributed by atoms with Gasteiger partial charge in [-0.15, -0.1) is 0 Å². The topological polar surface area (TPSA) is 30.9 Å². The first-order valence-corrected chi connectivity index (χ1v) is 5.87. The summed E-state index contributed by atoms with van der Waals surface area (Å²) in [6, 6.07) is 3.70. The van der Waals surface area contributed by atoms with Crippen LogP contribution in [0.15, 0.2) is 12.1 Å². The van der Waals surface area contributed by atoms with Crippen LogP contribution in [0.5, 0.6) is 17.2 Å². The highest BCUT2D eigenvalue weighted by atomic mass is 79.9. The van der Waals surface area contributed by atoms with Crippen LogP contribution in [0.25, 0.3) is 0 Å². The lowest BCUT2D eigenvalue weighted by Crippen LogP contribution is -2.15. The van der Waals surface area contributed by atoms with Crippen molar-refractivity contribution in [3.63, 3.8) is 0 Å². The maximum Gasteiger partial charge on any atom is 0.164 e. The molecule has 0 heterocycles. The fraction of sp³-hybridized carbons (Fsp3) is 0.455. The molecule has 0 unspecified atom stereocenters. The molecule has 0 bridgehead atoms. The highest BCUT2D eigenvalue weighted by Crippen LogP contribution is 2.39. The van der Waals surface area contributed by atoms with Crippen molar-refractivity contribution >= 4 is 21.6 Å². The van der Waals surface area contributed by atoms with Gasteiger partial charge in [0, 0.05) is 19.2 Å². The second-order valence-electron chi connectivity index (χ2n) is 3.20. The maximum absolute atomic E-state index is 5.31. The fourth-order valence-corrected chi connectivity index (χ4v) is 1.65. The van der Waals surface area contributed by atoms with Gasteiger partial charge in [0.1, 0.15) is 5.75 Å². The Bertz CT molecular complexity index is 357. The number of hydrogen-bond acceptors (Lipinski definition) is 4. The number of nitrogens with zero attached hydrogens (tertiary/aromatic N) is 1. The predicted octanol–water partition coefficient (Wildman–Crippen LogP) is 2.50. The van der Waals surface area contributed by atoms with E-state index in [1.54, 1.807) is 21.3 Å². The number of benzene rings is 1. The van der Waals surface area contributed by atoms with Crippen molar-refractivity contribution in [1.82, 2.24) is 0 Å². The number of hydrogen-bond donors (Lipinski definition) is 0. The van der Waals surface area contributed by atoms with Crippen LogP contribution in [0.2, 0.25) is 0 Å². The molecule has 0 aliphatic rings. The van der Waals surface area contributed by atoms with Gasteiger partial charge in [-0.05, 0) is 0 Å². The standard InChI is InChI=1S/C11H16BrNO3/c1-13(7-12)8-5-10(15-3)11(16-4)6-9(8)14-2/h5-6H,7H2,1-4H3. The minimum atomic E-state index is 0.658.